The molecule has 2 aromatic heterocycles. The molecule has 138 valence electrons. The van der Waals surface area contributed by atoms with Crippen LogP contribution in [0.3, 0.4) is 0 Å². The number of hydrogen-bond donors (Lipinski definition) is 2. The smallest absolute Gasteiger partial charge is 0.248 e. The first-order valence-corrected chi connectivity index (χ1v) is 12.2. The zero-order chi connectivity index (χ0) is 19.4. The van der Waals surface area contributed by atoms with Crippen LogP contribution < -0.4 is 10.3 Å². The van der Waals surface area contributed by atoms with Gasteiger partial charge in [-0.05, 0) is 29.8 Å². The van der Waals surface area contributed by atoms with Crippen LogP contribution in [0.15, 0.2) is 31.3 Å². The number of primary sulfonamides is 2. The fourth-order valence-electron chi connectivity index (χ4n) is 1.57. The van der Waals surface area contributed by atoms with E-state index in [0.29, 0.717) is 0 Å². The van der Waals surface area contributed by atoms with Crippen LogP contribution in [0.25, 0.3) is 0 Å². The van der Waals surface area contributed by atoms with Gasteiger partial charge in [0.15, 0.2) is 11.6 Å². The Balaban J connectivity index is 0.000000251. The Hall–Kier alpha value is -0.960. The molecule has 2 rings (SSSR count). The van der Waals surface area contributed by atoms with Crippen LogP contribution in [0.2, 0.25) is 0 Å². The van der Waals surface area contributed by atoms with Crippen LogP contribution in [0.4, 0.5) is 0 Å². The molecule has 4 N–H and O–H groups in total. The number of sulfonamides is 2. The number of carbonyl (C=O) groups is 2. The Morgan fingerprint density at radius 2 is 1.36 bits per heavy atom. The van der Waals surface area contributed by atoms with Gasteiger partial charge >= 0.3 is 0 Å². The first-order chi connectivity index (χ1) is 11.4. The summed E-state index contributed by atoms with van der Waals surface area (Å²) in [6.07, 6.45) is 0. The van der Waals surface area contributed by atoms with E-state index in [0.717, 1.165) is 22.7 Å². The normalized spacial score (nSPS) is 11.5. The second kappa shape index (κ2) is 8.62. The number of thiophene rings is 2. The Morgan fingerprint density at radius 3 is 1.68 bits per heavy atom. The topological polar surface area (TPSA) is 154 Å². The number of carbonyl (C=O) groups excluding carboxylic acids is 2. The van der Waals surface area contributed by atoms with Gasteiger partial charge in [0.2, 0.25) is 20.0 Å². The molecule has 0 unspecified atom stereocenters. The number of alkyl halides is 1. The Labute approximate surface area is 161 Å². The minimum absolute atomic E-state index is 0.0602. The number of ketones is 2. The van der Waals surface area contributed by atoms with E-state index in [4.69, 9.17) is 10.3 Å². The number of rotatable bonds is 5. The van der Waals surface area contributed by atoms with Crippen molar-refractivity contribution >= 4 is 70.2 Å². The molecule has 0 amide bonds. The fraction of sp³-hybridized carbons (Fsp3) is 0.167. The van der Waals surface area contributed by atoms with E-state index < -0.39 is 20.0 Å². The maximum absolute atomic E-state index is 11.2. The lowest BCUT2D eigenvalue weighted by Gasteiger charge is -1.96. The molecule has 0 atom stereocenters. The van der Waals surface area contributed by atoms with Crippen molar-refractivity contribution in [1.82, 2.24) is 0 Å². The van der Waals surface area contributed by atoms with Crippen molar-refractivity contribution in [1.29, 1.82) is 0 Å². The second-order valence-corrected chi connectivity index (χ2v) is 10.4. The van der Waals surface area contributed by atoms with E-state index in [9.17, 15) is 26.4 Å². The lowest BCUT2D eigenvalue weighted by molar-refractivity contribution is 0.101. The van der Waals surface area contributed by atoms with Gasteiger partial charge in [0.05, 0.1) is 5.33 Å². The highest BCUT2D eigenvalue weighted by molar-refractivity contribution is 9.09. The summed E-state index contributed by atoms with van der Waals surface area (Å²) >= 11 is 4.85. The monoisotopic (exact) mass is 488 g/mol. The summed E-state index contributed by atoms with van der Waals surface area (Å²) in [6, 6.07) is 2.90. The molecular formula is C12H13BrN2O6S4. The predicted molar refractivity (Wildman–Crippen MR) is 99.5 cm³/mol. The maximum Gasteiger partial charge on any atom is 0.248 e. The third-order valence-corrected chi connectivity index (χ3v) is 7.94. The van der Waals surface area contributed by atoms with Crippen LogP contribution in [-0.4, -0.2) is 33.7 Å². The van der Waals surface area contributed by atoms with Gasteiger partial charge in [0, 0.05) is 11.1 Å². The molecule has 0 aromatic carbocycles. The molecule has 0 aliphatic carbocycles. The SMILES string of the molecule is CC(=O)c1ccsc1S(N)(=O)=O.NS(=O)(=O)c1sccc1C(=O)CBr. The molecule has 0 aliphatic heterocycles. The van der Waals surface area contributed by atoms with Crippen LogP contribution in [0.5, 0.6) is 0 Å². The predicted octanol–water partition coefficient (Wildman–Crippen LogP) is 1.57. The molecule has 25 heavy (non-hydrogen) atoms. The minimum atomic E-state index is -3.77. The summed E-state index contributed by atoms with van der Waals surface area (Å²) in [4.78, 5) is 22.0. The summed E-state index contributed by atoms with van der Waals surface area (Å²) < 4.78 is 43.5. The van der Waals surface area contributed by atoms with E-state index in [1.54, 1.807) is 0 Å². The maximum atomic E-state index is 11.2. The first-order valence-electron chi connectivity index (χ1n) is 6.20. The number of halogens is 1. The zero-order valence-corrected chi connectivity index (χ0v) is 17.5. The quantitative estimate of drug-likeness (QED) is 0.480. The van der Waals surface area contributed by atoms with E-state index in [-0.39, 0.29) is 36.4 Å². The zero-order valence-electron chi connectivity index (χ0n) is 12.6. The summed E-state index contributed by atoms with van der Waals surface area (Å²) in [5.41, 5.74) is 0.326. The van der Waals surface area contributed by atoms with Crippen molar-refractivity contribution in [3.63, 3.8) is 0 Å². The van der Waals surface area contributed by atoms with Crippen LogP contribution in [0.1, 0.15) is 27.6 Å². The van der Waals surface area contributed by atoms with Gasteiger partial charge in [0.1, 0.15) is 8.42 Å². The highest BCUT2D eigenvalue weighted by atomic mass is 79.9. The Morgan fingerprint density at radius 1 is 0.960 bits per heavy atom. The van der Waals surface area contributed by atoms with E-state index >= 15 is 0 Å². The molecule has 2 aromatic rings. The van der Waals surface area contributed by atoms with Crippen molar-refractivity contribution < 1.29 is 26.4 Å². The van der Waals surface area contributed by atoms with Crippen molar-refractivity contribution in [3.05, 3.63) is 34.0 Å². The van der Waals surface area contributed by atoms with Crippen LogP contribution in [-0.2, 0) is 20.0 Å². The largest absolute Gasteiger partial charge is 0.294 e. The second-order valence-electron chi connectivity index (χ2n) is 4.45. The average Bonchev–Trinajstić information content (AvgIpc) is 3.14. The molecule has 0 saturated carbocycles. The minimum Gasteiger partial charge on any atom is -0.294 e. The molecule has 13 heteroatoms. The van der Waals surface area contributed by atoms with Crippen molar-refractivity contribution in [2.45, 2.75) is 15.3 Å². The Kier molecular flexibility index (Phi) is 7.61. The van der Waals surface area contributed by atoms with Gasteiger partial charge in [0.25, 0.3) is 0 Å². The summed E-state index contributed by atoms with van der Waals surface area (Å²) in [5.74, 6) is -0.578. The molecule has 0 radical (unpaired) electrons. The van der Waals surface area contributed by atoms with E-state index in [1.807, 2.05) is 0 Å². The first kappa shape index (κ1) is 22.1. The molecule has 2 heterocycles. The van der Waals surface area contributed by atoms with Gasteiger partial charge in [-0.1, -0.05) is 15.9 Å². The molecule has 0 fully saturated rings. The molecule has 0 spiro atoms. The Bertz CT molecular complexity index is 990. The van der Waals surface area contributed by atoms with Gasteiger partial charge in [-0.15, -0.1) is 22.7 Å². The lowest BCUT2D eigenvalue weighted by Crippen LogP contribution is -2.14. The van der Waals surface area contributed by atoms with Crippen molar-refractivity contribution in [2.24, 2.45) is 10.3 Å². The van der Waals surface area contributed by atoms with Gasteiger partial charge in [-0.3, -0.25) is 9.59 Å². The molecule has 8 nitrogen and oxygen atoms in total. The molecular weight excluding hydrogens is 476 g/mol. The summed E-state index contributed by atoms with van der Waals surface area (Å²) in [5, 5.41) is 12.9. The third-order valence-electron chi connectivity index (χ3n) is 2.58. The van der Waals surface area contributed by atoms with Gasteiger partial charge in [-0.2, -0.15) is 0 Å². The number of hydrogen-bond acceptors (Lipinski definition) is 8. The summed E-state index contributed by atoms with van der Waals surface area (Å²) in [6.45, 7) is 1.30. The van der Waals surface area contributed by atoms with Crippen molar-refractivity contribution in [2.75, 3.05) is 5.33 Å². The lowest BCUT2D eigenvalue weighted by atomic mass is 10.2. The highest BCUT2D eigenvalue weighted by Gasteiger charge is 2.20. The van der Waals surface area contributed by atoms with Gasteiger partial charge < -0.3 is 0 Å². The van der Waals surface area contributed by atoms with E-state index in [2.05, 4.69) is 15.9 Å². The van der Waals surface area contributed by atoms with E-state index in [1.165, 1.54) is 29.8 Å². The average molecular weight is 489 g/mol. The standard InChI is InChI=1S/C6H6BrNO3S2.C6H7NO3S2/c7-3-5(9)4-1-2-12-6(4)13(8,10)11;1-4(8)5-2-3-11-6(5)12(7,9)10/h1-2H,3H2,(H2,8,10,11);2-3H,1H3,(H2,7,9,10). The summed E-state index contributed by atoms with van der Waals surface area (Å²) in [7, 11) is -7.51. The number of nitrogens with two attached hydrogens (primary N) is 2. The van der Waals surface area contributed by atoms with Gasteiger partial charge in [-0.25, -0.2) is 27.1 Å². The fourth-order valence-corrected chi connectivity index (χ4v) is 5.59. The highest BCUT2D eigenvalue weighted by Crippen LogP contribution is 2.22. The third kappa shape index (κ3) is 6.06. The molecule has 0 aliphatic rings. The van der Waals surface area contributed by atoms with Crippen LogP contribution in [0, 0.1) is 0 Å². The molecule has 0 bridgehead atoms. The van der Waals surface area contributed by atoms with Crippen LogP contribution >= 0.6 is 38.6 Å². The number of Topliss-reactive ketones (excluding diaryl/α,β-unsaturated/α-hetero) is 2. The molecule has 0 saturated heterocycles. The van der Waals surface area contributed by atoms with Crippen molar-refractivity contribution in [3.8, 4) is 0 Å².